The van der Waals surface area contributed by atoms with Gasteiger partial charge in [-0.2, -0.15) is 0 Å². The predicted octanol–water partition coefficient (Wildman–Crippen LogP) is 5.55. The van der Waals surface area contributed by atoms with Crippen molar-refractivity contribution in [1.82, 2.24) is 0 Å². The van der Waals surface area contributed by atoms with Gasteiger partial charge < -0.3 is 5.11 Å². The highest BCUT2D eigenvalue weighted by molar-refractivity contribution is 5.48. The zero-order valence-electron chi connectivity index (χ0n) is 14.3. The molecule has 0 amide bonds. The van der Waals surface area contributed by atoms with Crippen molar-refractivity contribution in [2.24, 2.45) is 11.3 Å². The molecule has 2 atom stereocenters. The molecule has 0 bridgehead atoms. The molecule has 1 fully saturated rings. The highest BCUT2D eigenvalue weighted by Gasteiger charge is 2.49. The number of phenols is 1. The van der Waals surface area contributed by atoms with E-state index in [1.807, 2.05) is 0 Å². The Morgan fingerprint density at radius 3 is 2.52 bits per heavy atom. The SMILES string of the molecule is CC(C)c1cc2c(cc1O)[C@]1(C)CCCC(C)(C)[C@@H]1CC2. The van der Waals surface area contributed by atoms with Crippen LogP contribution in [0.25, 0.3) is 0 Å². The molecule has 0 saturated heterocycles. The van der Waals surface area contributed by atoms with Crippen LogP contribution in [0.5, 0.6) is 5.75 Å². The maximum Gasteiger partial charge on any atom is 0.119 e. The topological polar surface area (TPSA) is 20.2 Å². The summed E-state index contributed by atoms with van der Waals surface area (Å²) < 4.78 is 0. The number of aryl methyl sites for hydroxylation is 1. The molecule has 0 unspecified atom stereocenters. The van der Waals surface area contributed by atoms with Crippen LogP contribution >= 0.6 is 0 Å². The molecule has 0 radical (unpaired) electrons. The van der Waals surface area contributed by atoms with E-state index in [1.165, 1.54) is 43.2 Å². The van der Waals surface area contributed by atoms with Crippen molar-refractivity contribution >= 4 is 0 Å². The third-order valence-electron chi connectivity index (χ3n) is 6.42. The second kappa shape index (κ2) is 4.76. The van der Waals surface area contributed by atoms with E-state index in [2.05, 4.69) is 46.8 Å². The minimum Gasteiger partial charge on any atom is -0.508 e. The number of rotatable bonds is 1. The molecule has 21 heavy (non-hydrogen) atoms. The molecular weight excluding hydrogens is 256 g/mol. The second-order valence-corrected chi connectivity index (χ2v) is 8.57. The van der Waals surface area contributed by atoms with Crippen LogP contribution in [0.3, 0.4) is 0 Å². The molecule has 3 rings (SSSR count). The average Bonchev–Trinajstić information content (AvgIpc) is 2.37. The third kappa shape index (κ3) is 2.20. The summed E-state index contributed by atoms with van der Waals surface area (Å²) in [6.07, 6.45) is 6.41. The molecule has 0 heterocycles. The summed E-state index contributed by atoms with van der Waals surface area (Å²) in [4.78, 5) is 0. The fourth-order valence-electron chi connectivity index (χ4n) is 5.31. The van der Waals surface area contributed by atoms with Gasteiger partial charge in [0.2, 0.25) is 0 Å². The first kappa shape index (κ1) is 14.9. The van der Waals surface area contributed by atoms with Gasteiger partial charge in [0.1, 0.15) is 5.75 Å². The van der Waals surface area contributed by atoms with E-state index in [4.69, 9.17) is 0 Å². The van der Waals surface area contributed by atoms with Crippen molar-refractivity contribution in [3.8, 4) is 5.75 Å². The van der Waals surface area contributed by atoms with E-state index in [0.29, 0.717) is 17.1 Å². The van der Waals surface area contributed by atoms with Gasteiger partial charge in [-0.15, -0.1) is 0 Å². The lowest BCUT2D eigenvalue weighted by atomic mass is 9.50. The van der Waals surface area contributed by atoms with E-state index in [9.17, 15) is 5.11 Å². The van der Waals surface area contributed by atoms with E-state index < -0.39 is 0 Å². The average molecular weight is 286 g/mol. The fourth-order valence-corrected chi connectivity index (χ4v) is 5.31. The molecule has 0 aliphatic heterocycles. The standard InChI is InChI=1S/C20H30O/c1-13(2)15-11-14-7-8-18-19(3,4)9-6-10-20(18,5)16(14)12-17(15)21/h11-13,18,21H,6-10H2,1-5H3/t18-,20-/m0/s1. The van der Waals surface area contributed by atoms with E-state index in [1.54, 1.807) is 0 Å². The highest BCUT2D eigenvalue weighted by Crippen LogP contribution is 2.57. The molecule has 116 valence electrons. The van der Waals surface area contributed by atoms with Crippen LogP contribution < -0.4 is 0 Å². The Labute approximate surface area is 129 Å². The summed E-state index contributed by atoms with van der Waals surface area (Å²) in [6, 6.07) is 4.40. The summed E-state index contributed by atoms with van der Waals surface area (Å²) in [5.74, 6) is 1.65. The van der Waals surface area contributed by atoms with Crippen LogP contribution in [0.2, 0.25) is 0 Å². The Balaban J connectivity index is 2.12. The molecule has 1 nitrogen and oxygen atoms in total. The molecule has 2 aliphatic carbocycles. The van der Waals surface area contributed by atoms with E-state index >= 15 is 0 Å². The van der Waals surface area contributed by atoms with Crippen molar-refractivity contribution in [3.05, 3.63) is 28.8 Å². The van der Waals surface area contributed by atoms with Crippen LogP contribution in [-0.2, 0) is 11.8 Å². The van der Waals surface area contributed by atoms with Gasteiger partial charge >= 0.3 is 0 Å². The first-order valence-electron chi connectivity index (χ1n) is 8.62. The minimum absolute atomic E-state index is 0.252. The first-order chi connectivity index (χ1) is 9.75. The van der Waals surface area contributed by atoms with Crippen LogP contribution in [0.15, 0.2) is 12.1 Å². The highest BCUT2D eigenvalue weighted by atomic mass is 16.3. The first-order valence-corrected chi connectivity index (χ1v) is 8.62. The van der Waals surface area contributed by atoms with Crippen LogP contribution in [0, 0.1) is 11.3 Å². The molecule has 1 heteroatoms. The van der Waals surface area contributed by atoms with Crippen molar-refractivity contribution < 1.29 is 5.11 Å². The van der Waals surface area contributed by atoms with Crippen molar-refractivity contribution in [2.45, 2.75) is 78.1 Å². The van der Waals surface area contributed by atoms with Gasteiger partial charge in [-0.05, 0) is 71.1 Å². The minimum atomic E-state index is 0.252. The largest absolute Gasteiger partial charge is 0.508 e. The Kier molecular flexibility index (Phi) is 3.39. The smallest absolute Gasteiger partial charge is 0.119 e. The van der Waals surface area contributed by atoms with E-state index in [-0.39, 0.29) is 5.41 Å². The molecule has 1 saturated carbocycles. The van der Waals surface area contributed by atoms with Gasteiger partial charge in [0, 0.05) is 0 Å². The van der Waals surface area contributed by atoms with E-state index in [0.717, 1.165) is 11.5 Å². The number of fused-ring (bicyclic) bond motifs is 3. The molecule has 1 aromatic rings. The Morgan fingerprint density at radius 2 is 1.86 bits per heavy atom. The Bertz CT molecular complexity index is 555. The van der Waals surface area contributed by atoms with Gasteiger partial charge in [0.15, 0.2) is 0 Å². The van der Waals surface area contributed by atoms with Gasteiger partial charge in [0.05, 0.1) is 0 Å². The van der Waals surface area contributed by atoms with Gasteiger partial charge in [-0.3, -0.25) is 0 Å². The normalized spacial score (nSPS) is 30.9. The lowest BCUT2D eigenvalue weighted by Crippen LogP contribution is -2.47. The van der Waals surface area contributed by atoms with Crippen LogP contribution in [0.1, 0.15) is 82.9 Å². The third-order valence-corrected chi connectivity index (χ3v) is 6.42. The van der Waals surface area contributed by atoms with Crippen molar-refractivity contribution in [2.75, 3.05) is 0 Å². The number of hydrogen-bond acceptors (Lipinski definition) is 1. The number of aromatic hydroxyl groups is 1. The zero-order chi connectivity index (χ0) is 15.4. The molecule has 0 aromatic heterocycles. The maximum absolute atomic E-state index is 10.5. The zero-order valence-corrected chi connectivity index (χ0v) is 14.3. The predicted molar refractivity (Wildman–Crippen MR) is 89.0 cm³/mol. The summed E-state index contributed by atoms with van der Waals surface area (Å²) in [5, 5.41) is 10.5. The molecule has 1 aromatic carbocycles. The molecular formula is C20H30O. The Hall–Kier alpha value is -0.980. The van der Waals surface area contributed by atoms with Gasteiger partial charge in [-0.1, -0.05) is 47.1 Å². The molecule has 2 aliphatic rings. The maximum atomic E-state index is 10.5. The van der Waals surface area contributed by atoms with Crippen molar-refractivity contribution in [3.63, 3.8) is 0 Å². The number of phenolic OH excluding ortho intramolecular Hbond substituents is 1. The fraction of sp³-hybridized carbons (Fsp3) is 0.700. The molecule has 1 N–H and O–H groups in total. The number of hydrogen-bond donors (Lipinski definition) is 1. The van der Waals surface area contributed by atoms with Gasteiger partial charge in [-0.25, -0.2) is 0 Å². The summed E-state index contributed by atoms with van der Waals surface area (Å²) in [6.45, 7) is 11.7. The van der Waals surface area contributed by atoms with Gasteiger partial charge in [0.25, 0.3) is 0 Å². The second-order valence-electron chi connectivity index (χ2n) is 8.57. The summed E-state index contributed by atoms with van der Waals surface area (Å²) >= 11 is 0. The lowest BCUT2D eigenvalue weighted by Gasteiger charge is -2.54. The molecule has 0 spiro atoms. The lowest BCUT2D eigenvalue weighted by molar-refractivity contribution is 0.0405. The monoisotopic (exact) mass is 286 g/mol. The quantitative estimate of drug-likeness (QED) is 0.718. The summed E-state index contributed by atoms with van der Waals surface area (Å²) in [5.41, 5.74) is 4.73. The van der Waals surface area contributed by atoms with Crippen LogP contribution in [0.4, 0.5) is 0 Å². The number of benzene rings is 1. The van der Waals surface area contributed by atoms with Crippen molar-refractivity contribution in [1.29, 1.82) is 0 Å². The Morgan fingerprint density at radius 1 is 1.14 bits per heavy atom. The summed E-state index contributed by atoms with van der Waals surface area (Å²) in [7, 11) is 0. The van der Waals surface area contributed by atoms with Crippen LogP contribution in [-0.4, -0.2) is 5.11 Å².